The van der Waals surface area contributed by atoms with Gasteiger partial charge in [0.2, 0.25) is 5.91 Å². The number of likely N-dealkylation sites (tertiary alicyclic amines) is 1. The number of carbonyl (C=O) groups excluding carboxylic acids is 1. The third-order valence-corrected chi connectivity index (χ3v) is 3.08. The van der Waals surface area contributed by atoms with Crippen LogP contribution in [-0.4, -0.2) is 35.9 Å². The highest BCUT2D eigenvalue weighted by atomic mass is 35.5. The topological polar surface area (TPSA) is 29.5 Å². The minimum absolute atomic E-state index is 0.0309. The van der Waals surface area contributed by atoms with E-state index >= 15 is 0 Å². The van der Waals surface area contributed by atoms with E-state index < -0.39 is 0 Å². The van der Waals surface area contributed by atoms with E-state index in [0.717, 1.165) is 5.56 Å². The second kappa shape index (κ2) is 6.03. The van der Waals surface area contributed by atoms with E-state index in [1.54, 1.807) is 4.90 Å². The largest absolute Gasteiger partial charge is 0.375 e. The molecule has 1 aliphatic rings. The molecular formula is C13H16ClNO2. The number of nitrogens with zero attached hydrogens (tertiary/aromatic N) is 1. The first-order chi connectivity index (χ1) is 8.25. The molecule has 1 saturated heterocycles. The Morgan fingerprint density at radius 3 is 2.76 bits per heavy atom. The molecule has 1 aromatic rings. The molecule has 1 aromatic carbocycles. The molecule has 2 rings (SSSR count). The Kier molecular flexibility index (Phi) is 4.40. The Morgan fingerprint density at radius 2 is 2.12 bits per heavy atom. The van der Waals surface area contributed by atoms with Crippen molar-refractivity contribution in [1.82, 2.24) is 4.90 Å². The molecule has 0 bridgehead atoms. The lowest BCUT2D eigenvalue weighted by atomic mass is 10.2. The Bertz CT molecular complexity index is 369. The molecule has 1 aliphatic heterocycles. The SMILES string of the molecule is O=C1CC(Cl)CN1CCOCc1ccccc1. The van der Waals surface area contributed by atoms with Crippen molar-refractivity contribution in [2.75, 3.05) is 19.7 Å². The maximum absolute atomic E-state index is 11.4. The summed E-state index contributed by atoms with van der Waals surface area (Å²) in [5.74, 6) is 0.133. The minimum Gasteiger partial charge on any atom is -0.375 e. The normalized spacial score (nSPS) is 19.9. The number of hydrogen-bond acceptors (Lipinski definition) is 2. The summed E-state index contributed by atoms with van der Waals surface area (Å²) in [7, 11) is 0. The van der Waals surface area contributed by atoms with Crippen LogP contribution in [0.15, 0.2) is 30.3 Å². The molecule has 92 valence electrons. The zero-order valence-corrected chi connectivity index (χ0v) is 10.4. The third-order valence-electron chi connectivity index (χ3n) is 2.78. The molecule has 17 heavy (non-hydrogen) atoms. The van der Waals surface area contributed by atoms with Gasteiger partial charge in [-0.05, 0) is 5.56 Å². The maximum Gasteiger partial charge on any atom is 0.224 e. The smallest absolute Gasteiger partial charge is 0.224 e. The Balaban J connectivity index is 1.65. The van der Waals surface area contributed by atoms with Gasteiger partial charge in [0.25, 0.3) is 0 Å². The van der Waals surface area contributed by atoms with E-state index in [0.29, 0.717) is 32.7 Å². The fraction of sp³-hybridized carbons (Fsp3) is 0.462. The molecule has 4 heteroatoms. The summed E-state index contributed by atoms with van der Waals surface area (Å²) in [6.07, 6.45) is 0.459. The maximum atomic E-state index is 11.4. The zero-order valence-electron chi connectivity index (χ0n) is 9.64. The van der Waals surface area contributed by atoms with Gasteiger partial charge in [0.1, 0.15) is 0 Å². The first kappa shape index (κ1) is 12.4. The predicted molar refractivity (Wildman–Crippen MR) is 66.9 cm³/mol. The van der Waals surface area contributed by atoms with Crippen LogP contribution in [0.3, 0.4) is 0 Å². The van der Waals surface area contributed by atoms with Crippen molar-refractivity contribution in [3.8, 4) is 0 Å². The molecule has 0 spiro atoms. The molecule has 3 nitrogen and oxygen atoms in total. The Hall–Kier alpha value is -1.06. The van der Waals surface area contributed by atoms with Crippen LogP contribution < -0.4 is 0 Å². The van der Waals surface area contributed by atoms with E-state index in [9.17, 15) is 4.79 Å². The highest BCUT2D eigenvalue weighted by molar-refractivity contribution is 6.22. The van der Waals surface area contributed by atoms with Crippen LogP contribution in [0.25, 0.3) is 0 Å². The van der Waals surface area contributed by atoms with Gasteiger partial charge in [0.15, 0.2) is 0 Å². The van der Waals surface area contributed by atoms with Gasteiger partial charge < -0.3 is 9.64 Å². The van der Waals surface area contributed by atoms with Crippen molar-refractivity contribution < 1.29 is 9.53 Å². The van der Waals surface area contributed by atoms with E-state index in [-0.39, 0.29) is 11.3 Å². The van der Waals surface area contributed by atoms with Crippen LogP contribution in [0.5, 0.6) is 0 Å². The zero-order chi connectivity index (χ0) is 12.1. The molecule has 1 amide bonds. The first-order valence-corrected chi connectivity index (χ1v) is 6.23. The van der Waals surface area contributed by atoms with Crippen molar-refractivity contribution >= 4 is 17.5 Å². The molecule has 0 aliphatic carbocycles. The van der Waals surface area contributed by atoms with Crippen LogP contribution in [0.1, 0.15) is 12.0 Å². The summed E-state index contributed by atoms with van der Waals surface area (Å²) in [6.45, 7) is 2.43. The number of halogens is 1. The number of alkyl halides is 1. The number of ether oxygens (including phenoxy) is 1. The van der Waals surface area contributed by atoms with E-state index in [1.807, 2.05) is 30.3 Å². The average Bonchev–Trinajstić information content (AvgIpc) is 2.65. The lowest BCUT2D eigenvalue weighted by Gasteiger charge is -2.15. The third kappa shape index (κ3) is 3.72. The van der Waals surface area contributed by atoms with Gasteiger partial charge in [0, 0.05) is 19.5 Å². The van der Waals surface area contributed by atoms with Crippen molar-refractivity contribution in [3.05, 3.63) is 35.9 Å². The van der Waals surface area contributed by atoms with Gasteiger partial charge >= 0.3 is 0 Å². The quantitative estimate of drug-likeness (QED) is 0.594. The Labute approximate surface area is 106 Å². The number of rotatable bonds is 5. The monoisotopic (exact) mass is 253 g/mol. The number of benzene rings is 1. The van der Waals surface area contributed by atoms with E-state index in [1.165, 1.54) is 0 Å². The second-order valence-corrected chi connectivity index (χ2v) is 4.80. The predicted octanol–water partition coefficient (Wildman–Crippen LogP) is 2.04. The van der Waals surface area contributed by atoms with Gasteiger partial charge in [-0.3, -0.25) is 4.79 Å². The van der Waals surface area contributed by atoms with Crippen molar-refractivity contribution in [2.24, 2.45) is 0 Å². The fourth-order valence-electron chi connectivity index (χ4n) is 1.88. The summed E-state index contributed by atoms with van der Waals surface area (Å²) < 4.78 is 5.53. The van der Waals surface area contributed by atoms with Crippen molar-refractivity contribution in [2.45, 2.75) is 18.4 Å². The first-order valence-electron chi connectivity index (χ1n) is 5.79. The highest BCUT2D eigenvalue weighted by Crippen LogP contribution is 2.15. The van der Waals surface area contributed by atoms with Crippen LogP contribution >= 0.6 is 11.6 Å². The fourth-order valence-corrected chi connectivity index (χ4v) is 2.18. The van der Waals surface area contributed by atoms with Crippen molar-refractivity contribution in [3.63, 3.8) is 0 Å². The van der Waals surface area contributed by atoms with Crippen LogP contribution in [0.4, 0.5) is 0 Å². The highest BCUT2D eigenvalue weighted by Gasteiger charge is 2.27. The molecular weight excluding hydrogens is 238 g/mol. The Morgan fingerprint density at radius 1 is 1.35 bits per heavy atom. The lowest BCUT2D eigenvalue weighted by molar-refractivity contribution is -0.128. The summed E-state index contributed by atoms with van der Waals surface area (Å²) in [4.78, 5) is 13.2. The molecule has 0 N–H and O–H groups in total. The van der Waals surface area contributed by atoms with Crippen LogP contribution in [0, 0.1) is 0 Å². The van der Waals surface area contributed by atoms with Gasteiger partial charge in [0.05, 0.1) is 18.6 Å². The van der Waals surface area contributed by atoms with Crippen LogP contribution in [-0.2, 0) is 16.1 Å². The molecule has 1 fully saturated rings. The summed E-state index contributed by atoms with van der Waals surface area (Å²) >= 11 is 5.91. The lowest BCUT2D eigenvalue weighted by Crippen LogP contribution is -2.29. The van der Waals surface area contributed by atoms with Crippen LogP contribution in [0.2, 0.25) is 0 Å². The average molecular weight is 254 g/mol. The summed E-state index contributed by atoms with van der Waals surface area (Å²) in [6, 6.07) is 10.0. The molecule has 0 aromatic heterocycles. The molecule has 0 radical (unpaired) electrons. The molecule has 0 saturated carbocycles. The molecule has 1 atom stereocenters. The van der Waals surface area contributed by atoms with Crippen molar-refractivity contribution in [1.29, 1.82) is 0 Å². The number of carbonyl (C=O) groups is 1. The number of hydrogen-bond donors (Lipinski definition) is 0. The second-order valence-electron chi connectivity index (χ2n) is 4.18. The van der Waals surface area contributed by atoms with Gasteiger partial charge in [-0.1, -0.05) is 30.3 Å². The summed E-state index contributed by atoms with van der Waals surface area (Å²) in [5, 5.41) is -0.0309. The van der Waals surface area contributed by atoms with Gasteiger partial charge in [-0.2, -0.15) is 0 Å². The van der Waals surface area contributed by atoms with E-state index in [4.69, 9.17) is 16.3 Å². The summed E-state index contributed by atoms with van der Waals surface area (Å²) in [5.41, 5.74) is 1.15. The standard InChI is InChI=1S/C13H16ClNO2/c14-12-8-13(16)15(9-12)6-7-17-10-11-4-2-1-3-5-11/h1-5,12H,6-10H2. The molecule has 1 unspecified atom stereocenters. The van der Waals surface area contributed by atoms with Gasteiger partial charge in [-0.15, -0.1) is 11.6 Å². The molecule has 1 heterocycles. The minimum atomic E-state index is -0.0309. The van der Waals surface area contributed by atoms with Gasteiger partial charge in [-0.25, -0.2) is 0 Å². The van der Waals surface area contributed by atoms with E-state index in [2.05, 4.69) is 0 Å². The number of amides is 1.